The average Bonchev–Trinajstić information content (AvgIpc) is 2.46. The van der Waals surface area contributed by atoms with Crippen LogP contribution in [0.4, 0.5) is 0 Å². The SMILES string of the molecule is CCC(=O)N[C@@H](c1ccccc1)c1ccccn1. The van der Waals surface area contributed by atoms with Gasteiger partial charge in [-0.05, 0) is 17.7 Å². The van der Waals surface area contributed by atoms with E-state index in [1.54, 1.807) is 6.20 Å². The third-order valence-electron chi connectivity index (χ3n) is 2.74. The van der Waals surface area contributed by atoms with Gasteiger partial charge in [-0.25, -0.2) is 0 Å². The van der Waals surface area contributed by atoms with Gasteiger partial charge in [0.25, 0.3) is 0 Å². The number of hydrogen-bond acceptors (Lipinski definition) is 2. The largest absolute Gasteiger partial charge is 0.344 e. The highest BCUT2D eigenvalue weighted by molar-refractivity contribution is 5.76. The van der Waals surface area contributed by atoms with E-state index in [1.165, 1.54) is 0 Å². The Morgan fingerprint density at radius 2 is 1.89 bits per heavy atom. The van der Waals surface area contributed by atoms with Crippen LogP contribution in [-0.2, 0) is 4.79 Å². The van der Waals surface area contributed by atoms with Crippen molar-refractivity contribution in [3.63, 3.8) is 0 Å². The number of carbonyl (C=O) groups excluding carboxylic acids is 1. The van der Waals surface area contributed by atoms with Gasteiger partial charge < -0.3 is 5.32 Å². The molecule has 1 atom stereocenters. The molecule has 0 aliphatic carbocycles. The van der Waals surface area contributed by atoms with Gasteiger partial charge in [0.05, 0.1) is 11.7 Å². The zero-order valence-corrected chi connectivity index (χ0v) is 10.3. The van der Waals surface area contributed by atoms with E-state index in [4.69, 9.17) is 0 Å². The molecule has 92 valence electrons. The zero-order chi connectivity index (χ0) is 12.8. The van der Waals surface area contributed by atoms with Crippen molar-refractivity contribution in [1.29, 1.82) is 0 Å². The van der Waals surface area contributed by atoms with Crippen LogP contribution in [0.25, 0.3) is 0 Å². The second kappa shape index (κ2) is 5.96. The molecular weight excluding hydrogens is 224 g/mol. The summed E-state index contributed by atoms with van der Waals surface area (Å²) in [4.78, 5) is 16.0. The molecule has 1 heterocycles. The predicted molar refractivity (Wildman–Crippen MR) is 71.0 cm³/mol. The molecule has 0 fully saturated rings. The molecule has 0 aliphatic rings. The van der Waals surface area contributed by atoms with Crippen molar-refractivity contribution in [3.05, 3.63) is 66.0 Å². The van der Waals surface area contributed by atoms with Crippen LogP contribution in [0.3, 0.4) is 0 Å². The Hall–Kier alpha value is -2.16. The van der Waals surface area contributed by atoms with Gasteiger partial charge in [0.2, 0.25) is 5.91 Å². The van der Waals surface area contributed by atoms with Crippen molar-refractivity contribution in [2.45, 2.75) is 19.4 Å². The number of nitrogens with zero attached hydrogens (tertiary/aromatic N) is 1. The molecule has 0 saturated carbocycles. The number of rotatable bonds is 4. The molecule has 1 aromatic carbocycles. The van der Waals surface area contributed by atoms with Crippen LogP contribution in [0, 0.1) is 0 Å². The third-order valence-corrected chi connectivity index (χ3v) is 2.74. The number of amides is 1. The minimum atomic E-state index is -0.181. The van der Waals surface area contributed by atoms with Gasteiger partial charge in [0, 0.05) is 12.6 Å². The maximum Gasteiger partial charge on any atom is 0.220 e. The molecule has 1 aromatic heterocycles. The summed E-state index contributed by atoms with van der Waals surface area (Å²) in [5.74, 6) is 0.0227. The van der Waals surface area contributed by atoms with E-state index in [-0.39, 0.29) is 11.9 Å². The van der Waals surface area contributed by atoms with Gasteiger partial charge in [0.15, 0.2) is 0 Å². The third kappa shape index (κ3) is 2.94. The van der Waals surface area contributed by atoms with Crippen molar-refractivity contribution >= 4 is 5.91 Å². The Balaban J connectivity index is 2.32. The molecule has 1 N–H and O–H groups in total. The number of benzene rings is 1. The fourth-order valence-corrected chi connectivity index (χ4v) is 1.78. The van der Waals surface area contributed by atoms with Crippen LogP contribution >= 0.6 is 0 Å². The maximum atomic E-state index is 11.6. The number of hydrogen-bond donors (Lipinski definition) is 1. The van der Waals surface area contributed by atoms with Crippen LogP contribution in [0.5, 0.6) is 0 Å². The second-order valence-electron chi connectivity index (χ2n) is 4.02. The minimum absolute atomic E-state index is 0.0227. The summed E-state index contributed by atoms with van der Waals surface area (Å²) in [7, 11) is 0. The number of pyridine rings is 1. The van der Waals surface area contributed by atoms with E-state index < -0.39 is 0 Å². The molecular formula is C15H16N2O. The molecule has 0 spiro atoms. The van der Waals surface area contributed by atoms with Crippen LogP contribution < -0.4 is 5.32 Å². The fourth-order valence-electron chi connectivity index (χ4n) is 1.78. The molecule has 0 radical (unpaired) electrons. The molecule has 1 amide bonds. The van der Waals surface area contributed by atoms with Gasteiger partial charge in [-0.15, -0.1) is 0 Å². The topological polar surface area (TPSA) is 42.0 Å². The average molecular weight is 240 g/mol. The lowest BCUT2D eigenvalue weighted by Gasteiger charge is -2.18. The van der Waals surface area contributed by atoms with Crippen molar-refractivity contribution < 1.29 is 4.79 Å². The van der Waals surface area contributed by atoms with Gasteiger partial charge in [0.1, 0.15) is 0 Å². The van der Waals surface area contributed by atoms with Crippen LogP contribution in [0.2, 0.25) is 0 Å². The lowest BCUT2D eigenvalue weighted by atomic mass is 10.0. The van der Waals surface area contributed by atoms with E-state index >= 15 is 0 Å². The normalized spacial score (nSPS) is 11.8. The predicted octanol–water partition coefficient (Wildman–Crippen LogP) is 2.70. The minimum Gasteiger partial charge on any atom is -0.344 e. The molecule has 3 nitrogen and oxygen atoms in total. The first kappa shape index (κ1) is 12.3. The second-order valence-corrected chi connectivity index (χ2v) is 4.02. The summed E-state index contributed by atoms with van der Waals surface area (Å²) in [5.41, 5.74) is 1.89. The monoisotopic (exact) mass is 240 g/mol. The summed E-state index contributed by atoms with van der Waals surface area (Å²) in [5, 5.41) is 3.00. The highest BCUT2D eigenvalue weighted by Crippen LogP contribution is 2.19. The Kier molecular flexibility index (Phi) is 4.07. The molecule has 0 saturated heterocycles. The van der Waals surface area contributed by atoms with Gasteiger partial charge in [-0.3, -0.25) is 9.78 Å². The van der Waals surface area contributed by atoms with E-state index in [2.05, 4.69) is 10.3 Å². The Morgan fingerprint density at radius 1 is 1.17 bits per heavy atom. The number of aromatic nitrogens is 1. The van der Waals surface area contributed by atoms with Crippen LogP contribution in [0.15, 0.2) is 54.7 Å². The number of carbonyl (C=O) groups is 1. The summed E-state index contributed by atoms with van der Waals surface area (Å²) in [6.45, 7) is 1.84. The summed E-state index contributed by atoms with van der Waals surface area (Å²) in [6, 6.07) is 15.4. The molecule has 0 bridgehead atoms. The van der Waals surface area contributed by atoms with Crippen molar-refractivity contribution in [1.82, 2.24) is 10.3 Å². The maximum absolute atomic E-state index is 11.6. The van der Waals surface area contributed by atoms with E-state index in [0.29, 0.717) is 6.42 Å². The zero-order valence-electron chi connectivity index (χ0n) is 10.3. The highest BCUT2D eigenvalue weighted by Gasteiger charge is 2.16. The van der Waals surface area contributed by atoms with Crippen molar-refractivity contribution in [3.8, 4) is 0 Å². The first-order valence-corrected chi connectivity index (χ1v) is 6.06. The highest BCUT2D eigenvalue weighted by atomic mass is 16.1. The molecule has 3 heteroatoms. The smallest absolute Gasteiger partial charge is 0.220 e. The first-order chi connectivity index (χ1) is 8.81. The van der Waals surface area contributed by atoms with Gasteiger partial charge in [-0.2, -0.15) is 0 Å². The Morgan fingerprint density at radius 3 is 2.50 bits per heavy atom. The number of nitrogens with one attached hydrogen (secondary N) is 1. The molecule has 2 aromatic rings. The van der Waals surface area contributed by atoms with Crippen LogP contribution in [0.1, 0.15) is 30.6 Å². The van der Waals surface area contributed by atoms with Crippen LogP contribution in [-0.4, -0.2) is 10.9 Å². The van der Waals surface area contributed by atoms with Gasteiger partial charge in [-0.1, -0.05) is 43.3 Å². The first-order valence-electron chi connectivity index (χ1n) is 6.06. The van der Waals surface area contributed by atoms with Crippen molar-refractivity contribution in [2.24, 2.45) is 0 Å². The molecule has 18 heavy (non-hydrogen) atoms. The summed E-state index contributed by atoms with van der Waals surface area (Å²) >= 11 is 0. The van der Waals surface area contributed by atoms with E-state index in [1.807, 2.05) is 55.5 Å². The summed E-state index contributed by atoms with van der Waals surface area (Å²) in [6.07, 6.45) is 2.21. The lowest BCUT2D eigenvalue weighted by Crippen LogP contribution is -2.29. The van der Waals surface area contributed by atoms with Crippen molar-refractivity contribution in [2.75, 3.05) is 0 Å². The lowest BCUT2D eigenvalue weighted by molar-refractivity contribution is -0.121. The summed E-state index contributed by atoms with van der Waals surface area (Å²) < 4.78 is 0. The standard InChI is InChI=1S/C15H16N2O/c1-2-14(18)17-15(12-8-4-3-5-9-12)13-10-6-7-11-16-13/h3-11,15H,2H2,1H3,(H,17,18)/t15-/m0/s1. The molecule has 2 rings (SSSR count). The Labute approximate surface area is 107 Å². The molecule has 0 aliphatic heterocycles. The Bertz CT molecular complexity index is 457. The van der Waals surface area contributed by atoms with E-state index in [9.17, 15) is 4.79 Å². The quantitative estimate of drug-likeness (QED) is 0.892. The molecule has 0 unspecified atom stereocenters. The fraction of sp³-hybridized carbons (Fsp3) is 0.200. The van der Waals surface area contributed by atoms with E-state index in [0.717, 1.165) is 11.3 Å². The van der Waals surface area contributed by atoms with Gasteiger partial charge >= 0.3 is 0 Å².